The number of hydrogen-bond acceptors (Lipinski definition) is 4. The van der Waals surface area contributed by atoms with Gasteiger partial charge in [-0.2, -0.15) is 13.2 Å². The SMILES string of the molecule is CCNC(=NCc1ccc(-n2ccnc2C)nc1)NCc1ccc(OCC(F)(F)F)cc1. The number of hydrogen-bond donors (Lipinski definition) is 2. The third-order valence-corrected chi connectivity index (χ3v) is 4.43. The number of halogens is 3. The van der Waals surface area contributed by atoms with Crippen LogP contribution < -0.4 is 15.4 Å². The van der Waals surface area contributed by atoms with Gasteiger partial charge in [0.25, 0.3) is 0 Å². The summed E-state index contributed by atoms with van der Waals surface area (Å²) in [6.07, 6.45) is 1.01. The van der Waals surface area contributed by atoms with Gasteiger partial charge in [-0.05, 0) is 43.2 Å². The average Bonchev–Trinajstić information content (AvgIpc) is 3.20. The lowest BCUT2D eigenvalue weighted by atomic mass is 10.2. The van der Waals surface area contributed by atoms with Crippen LogP contribution in [-0.4, -0.2) is 39.8 Å². The van der Waals surface area contributed by atoms with Gasteiger partial charge in [-0.15, -0.1) is 0 Å². The first-order valence-electron chi connectivity index (χ1n) is 10.1. The van der Waals surface area contributed by atoms with Crippen molar-refractivity contribution in [2.75, 3.05) is 13.2 Å². The third kappa shape index (κ3) is 7.00. The molecule has 0 saturated carbocycles. The van der Waals surface area contributed by atoms with Crippen molar-refractivity contribution in [2.24, 2.45) is 4.99 Å². The molecule has 0 amide bonds. The van der Waals surface area contributed by atoms with Gasteiger partial charge in [0, 0.05) is 31.7 Å². The van der Waals surface area contributed by atoms with E-state index in [2.05, 4.69) is 25.6 Å². The van der Waals surface area contributed by atoms with E-state index >= 15 is 0 Å². The fraction of sp³-hybridized carbons (Fsp3) is 0.318. The highest BCUT2D eigenvalue weighted by Gasteiger charge is 2.28. The smallest absolute Gasteiger partial charge is 0.422 e. The number of guanidine groups is 1. The van der Waals surface area contributed by atoms with E-state index in [0.29, 0.717) is 25.6 Å². The lowest BCUT2D eigenvalue weighted by molar-refractivity contribution is -0.153. The van der Waals surface area contributed by atoms with Crippen molar-refractivity contribution in [1.82, 2.24) is 25.2 Å². The maximum Gasteiger partial charge on any atom is 0.422 e. The van der Waals surface area contributed by atoms with Crippen molar-refractivity contribution in [2.45, 2.75) is 33.1 Å². The Kier molecular flexibility index (Phi) is 7.69. The molecule has 2 N–H and O–H groups in total. The summed E-state index contributed by atoms with van der Waals surface area (Å²) in [4.78, 5) is 13.2. The maximum atomic E-state index is 12.2. The van der Waals surface area contributed by atoms with Gasteiger partial charge in [0.05, 0.1) is 6.54 Å². The van der Waals surface area contributed by atoms with Gasteiger partial charge in [0.1, 0.15) is 17.4 Å². The largest absolute Gasteiger partial charge is 0.484 e. The van der Waals surface area contributed by atoms with Gasteiger partial charge in [-0.3, -0.25) is 4.57 Å². The van der Waals surface area contributed by atoms with Crippen LogP contribution in [-0.2, 0) is 13.1 Å². The zero-order valence-electron chi connectivity index (χ0n) is 17.9. The van der Waals surface area contributed by atoms with Crippen molar-refractivity contribution in [3.63, 3.8) is 0 Å². The summed E-state index contributed by atoms with van der Waals surface area (Å²) in [5.74, 6) is 2.45. The molecule has 170 valence electrons. The van der Waals surface area contributed by atoms with Crippen LogP contribution in [0.15, 0.2) is 60.0 Å². The lowest BCUT2D eigenvalue weighted by Gasteiger charge is -2.12. The Morgan fingerprint density at radius 3 is 2.41 bits per heavy atom. The summed E-state index contributed by atoms with van der Waals surface area (Å²) in [5.41, 5.74) is 1.84. The highest BCUT2D eigenvalue weighted by atomic mass is 19.4. The molecule has 0 aliphatic carbocycles. The number of benzene rings is 1. The second-order valence-corrected chi connectivity index (χ2v) is 6.97. The fourth-order valence-corrected chi connectivity index (χ4v) is 2.84. The van der Waals surface area contributed by atoms with Crippen LogP contribution in [0.5, 0.6) is 5.75 Å². The number of aromatic nitrogens is 3. The first-order chi connectivity index (χ1) is 15.3. The Balaban J connectivity index is 1.55. The molecule has 0 aliphatic rings. The molecule has 0 aliphatic heterocycles. The van der Waals surface area contributed by atoms with Crippen molar-refractivity contribution in [1.29, 1.82) is 0 Å². The molecular weight excluding hydrogens is 421 g/mol. The van der Waals surface area contributed by atoms with Crippen LogP contribution in [0.3, 0.4) is 0 Å². The van der Waals surface area contributed by atoms with E-state index in [1.54, 1.807) is 24.5 Å². The molecule has 0 atom stereocenters. The molecular formula is C22H25F3N6O. The van der Waals surface area contributed by atoms with E-state index in [9.17, 15) is 13.2 Å². The molecule has 0 saturated heterocycles. The van der Waals surface area contributed by atoms with E-state index in [1.165, 1.54) is 12.1 Å². The molecule has 0 unspecified atom stereocenters. The Hall–Kier alpha value is -3.56. The van der Waals surface area contributed by atoms with Crippen LogP contribution >= 0.6 is 0 Å². The molecule has 10 heteroatoms. The van der Waals surface area contributed by atoms with E-state index in [4.69, 9.17) is 4.74 Å². The van der Waals surface area contributed by atoms with Crippen molar-refractivity contribution in [3.05, 3.63) is 71.9 Å². The molecule has 0 spiro atoms. The molecule has 3 rings (SSSR count). The average molecular weight is 446 g/mol. The minimum atomic E-state index is -4.36. The molecule has 2 heterocycles. The summed E-state index contributed by atoms with van der Waals surface area (Å²) in [5, 5.41) is 6.38. The van der Waals surface area contributed by atoms with Gasteiger partial charge in [-0.25, -0.2) is 15.0 Å². The van der Waals surface area contributed by atoms with Crippen molar-refractivity contribution in [3.8, 4) is 11.6 Å². The quantitative estimate of drug-likeness (QED) is 0.407. The van der Waals surface area contributed by atoms with Gasteiger partial charge < -0.3 is 15.4 Å². The maximum absolute atomic E-state index is 12.2. The second kappa shape index (κ2) is 10.7. The van der Waals surface area contributed by atoms with Crippen LogP contribution in [0.25, 0.3) is 5.82 Å². The number of aryl methyl sites for hydroxylation is 1. The predicted octanol–water partition coefficient (Wildman–Crippen LogP) is 3.77. The van der Waals surface area contributed by atoms with E-state index < -0.39 is 12.8 Å². The predicted molar refractivity (Wildman–Crippen MR) is 116 cm³/mol. The Labute approximate surface area is 184 Å². The summed E-state index contributed by atoms with van der Waals surface area (Å²) in [7, 11) is 0. The Bertz CT molecular complexity index is 1010. The first kappa shape index (κ1) is 23.1. The molecule has 1 aromatic carbocycles. The lowest BCUT2D eigenvalue weighted by Crippen LogP contribution is -2.36. The Morgan fingerprint density at radius 2 is 1.81 bits per heavy atom. The fourth-order valence-electron chi connectivity index (χ4n) is 2.84. The summed E-state index contributed by atoms with van der Waals surface area (Å²) in [6.45, 7) is 4.16. The number of alkyl halides is 3. The molecule has 0 radical (unpaired) electrons. The number of nitrogens with zero attached hydrogens (tertiary/aromatic N) is 4. The third-order valence-electron chi connectivity index (χ3n) is 4.43. The van der Waals surface area contributed by atoms with Gasteiger partial charge in [0.15, 0.2) is 12.6 Å². The van der Waals surface area contributed by atoms with Crippen LogP contribution in [0, 0.1) is 6.92 Å². The molecule has 0 fully saturated rings. The summed E-state index contributed by atoms with van der Waals surface area (Å²) in [6, 6.07) is 10.3. The number of ether oxygens (including phenoxy) is 1. The number of rotatable bonds is 8. The van der Waals surface area contributed by atoms with E-state index in [-0.39, 0.29) is 5.75 Å². The highest BCUT2D eigenvalue weighted by molar-refractivity contribution is 5.79. The van der Waals surface area contributed by atoms with Gasteiger partial charge in [-0.1, -0.05) is 18.2 Å². The number of imidazole rings is 1. The van der Waals surface area contributed by atoms with Gasteiger partial charge >= 0.3 is 6.18 Å². The first-order valence-corrected chi connectivity index (χ1v) is 10.1. The number of nitrogens with one attached hydrogen (secondary N) is 2. The minimum Gasteiger partial charge on any atom is -0.484 e. The van der Waals surface area contributed by atoms with E-state index in [1.807, 2.05) is 36.7 Å². The zero-order valence-corrected chi connectivity index (χ0v) is 17.9. The zero-order chi connectivity index (χ0) is 23.0. The van der Waals surface area contributed by atoms with Crippen LogP contribution in [0.1, 0.15) is 23.9 Å². The Morgan fingerprint density at radius 1 is 1.06 bits per heavy atom. The number of aliphatic imine (C=N–C) groups is 1. The van der Waals surface area contributed by atoms with E-state index in [0.717, 1.165) is 22.8 Å². The normalized spacial score (nSPS) is 12.0. The monoisotopic (exact) mass is 446 g/mol. The highest BCUT2D eigenvalue weighted by Crippen LogP contribution is 2.18. The standard InChI is InChI=1S/C22H25F3N6O/c1-3-26-21(29-12-17-4-7-19(8-5-17)32-15-22(23,24)25)30-14-18-6-9-20(28-13-18)31-11-10-27-16(31)2/h4-11,13H,3,12,14-15H2,1-2H3,(H2,26,29,30). The van der Waals surface area contributed by atoms with Crippen molar-refractivity contribution >= 4 is 5.96 Å². The summed E-state index contributed by atoms with van der Waals surface area (Å²) < 4.78 is 43.3. The van der Waals surface area contributed by atoms with Crippen LogP contribution in [0.4, 0.5) is 13.2 Å². The van der Waals surface area contributed by atoms with Crippen molar-refractivity contribution < 1.29 is 17.9 Å². The van der Waals surface area contributed by atoms with Gasteiger partial charge in [0.2, 0.25) is 0 Å². The minimum absolute atomic E-state index is 0.175. The topological polar surface area (TPSA) is 76.4 Å². The molecule has 32 heavy (non-hydrogen) atoms. The molecule has 2 aromatic heterocycles. The number of pyridine rings is 1. The molecule has 0 bridgehead atoms. The molecule has 3 aromatic rings. The summed E-state index contributed by atoms with van der Waals surface area (Å²) >= 11 is 0. The second-order valence-electron chi connectivity index (χ2n) is 6.97. The van der Waals surface area contributed by atoms with Crippen LogP contribution in [0.2, 0.25) is 0 Å². The molecule has 7 nitrogen and oxygen atoms in total.